The fourth-order valence-electron chi connectivity index (χ4n) is 19.5. The van der Waals surface area contributed by atoms with Crippen molar-refractivity contribution >= 4 is 109 Å². The van der Waals surface area contributed by atoms with Gasteiger partial charge in [0, 0.05) is 106 Å². The maximum absolute atomic E-state index is 5.32. The number of nitrogens with zero attached hydrogens (tertiary/aromatic N) is 9. The van der Waals surface area contributed by atoms with Crippen LogP contribution in [0.2, 0.25) is 0 Å². The first-order valence-electron chi connectivity index (χ1n) is 41.7. The summed E-state index contributed by atoms with van der Waals surface area (Å²) in [4.78, 5) is 20.4. The molecule has 9 heteroatoms. The molecule has 0 atom stereocenters. The Bertz CT molecular complexity index is 8320. The van der Waals surface area contributed by atoms with Crippen LogP contribution in [0.1, 0.15) is 25.0 Å². The average Bonchev–Trinajstić information content (AvgIpc) is 1.59. The summed E-state index contributed by atoms with van der Waals surface area (Å²) < 4.78 is 11.5. The van der Waals surface area contributed by atoms with Crippen LogP contribution in [-0.4, -0.2) is 42.8 Å². The molecule has 1 aliphatic carbocycles. The molecule has 0 saturated heterocycles. The summed E-state index contributed by atoms with van der Waals surface area (Å²) in [5.41, 5.74) is 33.5. The third-order valence-corrected chi connectivity index (χ3v) is 25.4. The molecule has 17 aromatic carbocycles. The molecule has 25 rings (SSSR count). The van der Waals surface area contributed by atoms with E-state index in [4.69, 9.17) is 19.9 Å². The predicted molar refractivity (Wildman–Crippen MR) is 506 cm³/mol. The average molecular weight is 1560 g/mol. The van der Waals surface area contributed by atoms with Crippen LogP contribution in [0.4, 0.5) is 0 Å². The van der Waals surface area contributed by atoms with Crippen LogP contribution >= 0.6 is 0 Å². The number of hydrogen-bond acceptors (Lipinski definition) is 4. The highest BCUT2D eigenvalue weighted by molar-refractivity contribution is 6.16. The van der Waals surface area contributed by atoms with Gasteiger partial charge in [-0.05, 0) is 212 Å². The second-order valence-electron chi connectivity index (χ2n) is 32.5. The molecule has 0 fully saturated rings. The van der Waals surface area contributed by atoms with Crippen molar-refractivity contribution < 1.29 is 0 Å². The molecule has 572 valence electrons. The van der Waals surface area contributed by atoms with E-state index in [1.807, 2.05) is 24.7 Å². The monoisotopic (exact) mass is 1560 g/mol. The quantitative estimate of drug-likeness (QED) is 0.129. The van der Waals surface area contributed by atoms with E-state index in [0.29, 0.717) is 11.9 Å². The first kappa shape index (κ1) is 70.1. The topological polar surface area (TPSA) is 76.2 Å². The molecule has 0 N–H and O–H groups in total. The van der Waals surface area contributed by atoms with E-state index < -0.39 is 0 Å². The second-order valence-corrected chi connectivity index (χ2v) is 32.5. The molecule has 7 heterocycles. The highest BCUT2D eigenvalue weighted by Gasteiger charge is 2.36. The van der Waals surface area contributed by atoms with Gasteiger partial charge >= 0.3 is 0 Å². The minimum Gasteiger partial charge on any atom is -0.309 e. The number of fused-ring (bicyclic) bond motifs is 18. The van der Waals surface area contributed by atoms with Gasteiger partial charge < -0.3 is 13.7 Å². The van der Waals surface area contributed by atoms with Gasteiger partial charge in [0.25, 0.3) is 0 Å². The summed E-state index contributed by atoms with van der Waals surface area (Å²) in [7, 11) is 0. The lowest BCUT2D eigenvalue weighted by Gasteiger charge is -2.22. The van der Waals surface area contributed by atoms with Crippen LogP contribution < -0.4 is 0 Å². The minimum atomic E-state index is -0.142. The van der Waals surface area contributed by atoms with Crippen LogP contribution in [0.3, 0.4) is 0 Å². The predicted octanol–water partition coefficient (Wildman–Crippen LogP) is 28.7. The van der Waals surface area contributed by atoms with Crippen molar-refractivity contribution in [3.05, 3.63) is 430 Å². The Morgan fingerprint density at radius 2 is 0.492 bits per heavy atom. The molecule has 1 aliphatic rings. The SMILES string of the molecule is CC1(C)c2cc(-c3ccccc3)ccc2-c2ccc(-c3cnc(-n4c5ccccc5c5ccc(-c6ccc7c(c6)c6ccccc6n7-c6ccccc6)cc54)nc3)cc21.c1ccc(-c2ccc3c(c2)c2cc(-c4ccnc(-n5c6ccccc6c6cc(-c7ccc8c9ccccc9n(-c9ccccc9)c8c7)ccc65)n4)ccc2n3-c2ccccc2)cc1. The third-order valence-electron chi connectivity index (χ3n) is 25.4. The maximum Gasteiger partial charge on any atom is 0.235 e. The Kier molecular flexibility index (Phi) is 16.1. The van der Waals surface area contributed by atoms with Gasteiger partial charge in [0.1, 0.15) is 0 Å². The molecule has 0 spiro atoms. The van der Waals surface area contributed by atoms with Gasteiger partial charge in [0.05, 0.1) is 60.9 Å². The zero-order chi connectivity index (χ0) is 80.7. The van der Waals surface area contributed by atoms with Crippen molar-refractivity contribution in [1.29, 1.82) is 0 Å². The fourth-order valence-corrected chi connectivity index (χ4v) is 19.5. The number of para-hydroxylation sites is 7. The number of rotatable bonds is 11. The molecule has 122 heavy (non-hydrogen) atoms. The van der Waals surface area contributed by atoms with Crippen molar-refractivity contribution in [2.75, 3.05) is 0 Å². The van der Waals surface area contributed by atoms with E-state index in [1.165, 1.54) is 126 Å². The summed E-state index contributed by atoms with van der Waals surface area (Å²) >= 11 is 0. The van der Waals surface area contributed by atoms with Gasteiger partial charge in [0.15, 0.2) is 0 Å². The molecule has 7 aromatic heterocycles. The summed E-state index contributed by atoms with van der Waals surface area (Å²) in [6.07, 6.45) is 5.85. The van der Waals surface area contributed by atoms with Gasteiger partial charge in [0.2, 0.25) is 11.9 Å². The first-order valence-corrected chi connectivity index (χ1v) is 41.7. The smallest absolute Gasteiger partial charge is 0.235 e. The highest BCUT2D eigenvalue weighted by atomic mass is 15.2. The van der Waals surface area contributed by atoms with E-state index in [2.05, 4.69) is 431 Å². The lowest BCUT2D eigenvalue weighted by Crippen LogP contribution is -2.15. The van der Waals surface area contributed by atoms with Crippen LogP contribution in [0, 0.1) is 0 Å². The standard InChI is InChI=1S/C58H37N5.C55H38N4/c1-4-14-38(15-5-1)39-25-29-54-49(34-39)50-36-42(27-31-55(50)61(54)43-16-6-2-7-17-43)51-32-33-59-58(60-51)63-53-23-13-11-21-46(53)48-35-40(26-30-56(48)63)41-24-28-47-45-20-10-12-22-52(45)62(57(47)37-41)44-18-8-3-9-19-44;1-55(2)48-30-37(35-13-5-3-6-14-35)21-25-42(48)43-26-22-38(31-49(43)55)40-33-56-54(57-34-40)59-51-20-12-9-17-44(51)46-27-23-39(32-53(46)59)36-24-28-52-47(29-36)45-18-10-11-19-50(45)58(52)41-15-7-4-8-16-41/h1-37H;3-34H,1-2H3. The van der Waals surface area contributed by atoms with Gasteiger partial charge in [-0.25, -0.2) is 19.9 Å². The van der Waals surface area contributed by atoms with E-state index in [-0.39, 0.29) is 5.41 Å². The molecular weight excluding hydrogens is 1480 g/mol. The lowest BCUT2D eigenvalue weighted by atomic mass is 9.81. The van der Waals surface area contributed by atoms with Crippen LogP contribution in [0.5, 0.6) is 0 Å². The van der Waals surface area contributed by atoms with Crippen molar-refractivity contribution in [2.24, 2.45) is 0 Å². The molecule has 0 radical (unpaired) electrons. The normalized spacial score (nSPS) is 12.4. The van der Waals surface area contributed by atoms with Gasteiger partial charge in [-0.3, -0.25) is 9.13 Å². The van der Waals surface area contributed by atoms with E-state index >= 15 is 0 Å². The van der Waals surface area contributed by atoms with Gasteiger partial charge in [-0.15, -0.1) is 0 Å². The van der Waals surface area contributed by atoms with Crippen molar-refractivity contribution in [2.45, 2.75) is 19.3 Å². The Labute approximate surface area is 703 Å². The lowest BCUT2D eigenvalue weighted by molar-refractivity contribution is 0.661. The fraction of sp³-hybridized carbons (Fsp3) is 0.0265. The Morgan fingerprint density at radius 1 is 0.197 bits per heavy atom. The summed E-state index contributed by atoms with van der Waals surface area (Å²) in [6, 6.07) is 144. The van der Waals surface area contributed by atoms with Crippen molar-refractivity contribution in [3.63, 3.8) is 0 Å². The van der Waals surface area contributed by atoms with E-state index in [9.17, 15) is 0 Å². The summed E-state index contributed by atoms with van der Waals surface area (Å²) in [6.45, 7) is 4.68. The minimum absolute atomic E-state index is 0.142. The molecule has 0 unspecified atom stereocenters. The number of benzene rings is 17. The first-order chi connectivity index (χ1) is 60.3. The number of hydrogen-bond donors (Lipinski definition) is 0. The van der Waals surface area contributed by atoms with Crippen LogP contribution in [-0.2, 0) is 5.41 Å². The van der Waals surface area contributed by atoms with Crippen LogP contribution in [0.25, 0.3) is 216 Å². The highest BCUT2D eigenvalue weighted by Crippen LogP contribution is 2.52. The Balaban J connectivity index is 0.000000138. The summed E-state index contributed by atoms with van der Waals surface area (Å²) in [5, 5.41) is 12.0. The Morgan fingerprint density at radius 3 is 0.951 bits per heavy atom. The molecule has 0 amide bonds. The zero-order valence-corrected chi connectivity index (χ0v) is 66.9. The molecule has 0 aliphatic heterocycles. The largest absolute Gasteiger partial charge is 0.309 e. The maximum atomic E-state index is 5.32. The third kappa shape index (κ3) is 11.3. The number of aromatic nitrogens is 9. The Hall–Kier alpha value is -16.1. The van der Waals surface area contributed by atoms with E-state index in [0.717, 1.165) is 88.9 Å². The second kappa shape index (κ2) is 28.1. The zero-order valence-electron chi connectivity index (χ0n) is 66.9. The van der Waals surface area contributed by atoms with Gasteiger partial charge in [-0.1, -0.05) is 275 Å². The molecular formula is C113H75N9. The molecule has 24 aromatic rings. The molecule has 0 saturated carbocycles. The van der Waals surface area contributed by atoms with Crippen molar-refractivity contribution in [3.8, 4) is 107 Å². The van der Waals surface area contributed by atoms with Crippen molar-refractivity contribution in [1.82, 2.24) is 42.8 Å². The molecule has 9 nitrogen and oxygen atoms in total. The van der Waals surface area contributed by atoms with Crippen LogP contribution in [0.15, 0.2) is 419 Å². The summed E-state index contributed by atoms with van der Waals surface area (Å²) in [5.74, 6) is 1.29. The van der Waals surface area contributed by atoms with E-state index in [1.54, 1.807) is 0 Å². The molecule has 0 bridgehead atoms. The van der Waals surface area contributed by atoms with Gasteiger partial charge in [-0.2, -0.15) is 0 Å².